The quantitative estimate of drug-likeness (QED) is 0.594. The van der Waals surface area contributed by atoms with Crippen molar-refractivity contribution in [3.05, 3.63) is 27.6 Å². The van der Waals surface area contributed by atoms with Crippen LogP contribution in [-0.2, 0) is 0 Å². The van der Waals surface area contributed by atoms with E-state index in [0.29, 0.717) is 0 Å². The predicted molar refractivity (Wildman–Crippen MR) is 67.1 cm³/mol. The van der Waals surface area contributed by atoms with Gasteiger partial charge in [-0.05, 0) is 25.8 Å². The molecular formula is C12H19N3O3. The third-order valence-corrected chi connectivity index (χ3v) is 3.01. The average Bonchev–Trinajstić information content (AvgIpc) is 2.56. The Kier molecular flexibility index (Phi) is 4.58. The van der Waals surface area contributed by atoms with E-state index >= 15 is 0 Å². The Labute approximate surface area is 106 Å². The van der Waals surface area contributed by atoms with Crippen molar-refractivity contribution in [2.75, 3.05) is 6.54 Å². The Morgan fingerprint density at radius 1 is 1.50 bits per heavy atom. The lowest BCUT2D eigenvalue weighted by atomic mass is 9.92. The van der Waals surface area contributed by atoms with E-state index in [9.17, 15) is 14.9 Å². The molecule has 18 heavy (non-hydrogen) atoms. The van der Waals surface area contributed by atoms with E-state index in [1.165, 1.54) is 4.68 Å². The number of carbonyl (C=O) groups is 1. The summed E-state index contributed by atoms with van der Waals surface area (Å²) in [5.41, 5.74) is 1.54. The third-order valence-electron chi connectivity index (χ3n) is 3.01. The molecular weight excluding hydrogens is 234 g/mol. The second-order valence-corrected chi connectivity index (χ2v) is 4.96. The van der Waals surface area contributed by atoms with Gasteiger partial charge in [-0.1, -0.05) is 13.8 Å². The van der Waals surface area contributed by atoms with Crippen molar-refractivity contribution < 1.29 is 9.72 Å². The van der Waals surface area contributed by atoms with Crippen LogP contribution in [0.25, 0.3) is 0 Å². The SMILES string of the molecule is Cc1cc(C)n(C(=O)CC(C[N+](=O)[O-])C(C)C)n1. The van der Waals surface area contributed by atoms with E-state index in [4.69, 9.17) is 0 Å². The van der Waals surface area contributed by atoms with Crippen molar-refractivity contribution in [3.8, 4) is 0 Å². The molecule has 1 aromatic rings. The maximum Gasteiger partial charge on any atom is 0.247 e. The highest BCUT2D eigenvalue weighted by Gasteiger charge is 2.24. The van der Waals surface area contributed by atoms with Crippen molar-refractivity contribution in [1.29, 1.82) is 0 Å². The minimum absolute atomic E-state index is 0.0938. The van der Waals surface area contributed by atoms with E-state index in [2.05, 4.69) is 5.10 Å². The number of hydrogen-bond donors (Lipinski definition) is 0. The maximum absolute atomic E-state index is 12.1. The minimum atomic E-state index is -0.362. The first-order valence-corrected chi connectivity index (χ1v) is 5.99. The first-order valence-electron chi connectivity index (χ1n) is 5.99. The fraction of sp³-hybridized carbons (Fsp3) is 0.667. The molecule has 0 radical (unpaired) electrons. The fourth-order valence-electron chi connectivity index (χ4n) is 1.89. The third kappa shape index (κ3) is 3.65. The Balaban J connectivity index is 2.78. The molecule has 1 aromatic heterocycles. The Morgan fingerprint density at radius 3 is 2.50 bits per heavy atom. The highest BCUT2D eigenvalue weighted by Crippen LogP contribution is 2.17. The van der Waals surface area contributed by atoms with E-state index in [0.717, 1.165) is 11.4 Å². The smallest absolute Gasteiger partial charge is 0.247 e. The van der Waals surface area contributed by atoms with E-state index in [1.54, 1.807) is 6.92 Å². The molecule has 1 heterocycles. The molecule has 0 N–H and O–H groups in total. The van der Waals surface area contributed by atoms with Gasteiger partial charge in [0.15, 0.2) is 0 Å². The molecule has 0 spiro atoms. The van der Waals surface area contributed by atoms with Crippen LogP contribution in [0.1, 0.15) is 36.5 Å². The molecule has 1 rings (SSSR count). The molecule has 0 aliphatic rings. The van der Waals surface area contributed by atoms with Gasteiger partial charge in [0.2, 0.25) is 12.5 Å². The first-order chi connectivity index (χ1) is 8.31. The van der Waals surface area contributed by atoms with Crippen LogP contribution in [0.5, 0.6) is 0 Å². The monoisotopic (exact) mass is 253 g/mol. The zero-order chi connectivity index (χ0) is 13.9. The van der Waals surface area contributed by atoms with Gasteiger partial charge in [0.05, 0.1) is 5.69 Å². The Bertz CT molecular complexity index is 451. The van der Waals surface area contributed by atoms with Crippen LogP contribution in [0.2, 0.25) is 0 Å². The molecule has 0 saturated carbocycles. The highest BCUT2D eigenvalue weighted by atomic mass is 16.6. The van der Waals surface area contributed by atoms with Crippen molar-refractivity contribution in [2.45, 2.75) is 34.1 Å². The summed E-state index contributed by atoms with van der Waals surface area (Å²) in [4.78, 5) is 22.3. The summed E-state index contributed by atoms with van der Waals surface area (Å²) < 4.78 is 1.34. The standard InChI is InChI=1S/C12H19N3O3/c1-8(2)11(7-14(17)18)6-12(16)15-10(4)5-9(3)13-15/h5,8,11H,6-7H2,1-4H3. The number of nitro groups is 1. The van der Waals surface area contributed by atoms with Gasteiger partial charge < -0.3 is 0 Å². The van der Waals surface area contributed by atoms with Crippen molar-refractivity contribution in [3.63, 3.8) is 0 Å². The largest absolute Gasteiger partial charge is 0.273 e. The fourth-order valence-corrected chi connectivity index (χ4v) is 1.89. The summed E-state index contributed by atoms with van der Waals surface area (Å²) in [5.74, 6) is -0.339. The second kappa shape index (κ2) is 5.75. The van der Waals surface area contributed by atoms with Crippen LogP contribution >= 0.6 is 0 Å². The molecule has 0 saturated heterocycles. The molecule has 0 aliphatic heterocycles. The van der Waals surface area contributed by atoms with Gasteiger partial charge in [-0.15, -0.1) is 0 Å². The zero-order valence-corrected chi connectivity index (χ0v) is 11.2. The highest BCUT2D eigenvalue weighted by molar-refractivity contribution is 5.79. The van der Waals surface area contributed by atoms with Gasteiger partial charge in [-0.25, -0.2) is 4.68 Å². The maximum atomic E-state index is 12.1. The van der Waals surface area contributed by atoms with Crippen molar-refractivity contribution in [2.24, 2.45) is 11.8 Å². The number of aromatic nitrogens is 2. The molecule has 1 unspecified atom stereocenters. The number of aryl methyl sites for hydroxylation is 2. The molecule has 1 atom stereocenters. The molecule has 6 nitrogen and oxygen atoms in total. The summed E-state index contributed by atoms with van der Waals surface area (Å²) in [5, 5.41) is 14.7. The lowest BCUT2D eigenvalue weighted by Crippen LogP contribution is -2.26. The molecule has 6 heteroatoms. The van der Waals surface area contributed by atoms with Gasteiger partial charge >= 0.3 is 0 Å². The molecule has 0 aliphatic carbocycles. The van der Waals surface area contributed by atoms with Gasteiger partial charge in [0.25, 0.3) is 0 Å². The predicted octanol–water partition coefficient (Wildman–Crippen LogP) is 2.08. The molecule has 0 fully saturated rings. The number of hydrogen-bond acceptors (Lipinski definition) is 4. The molecule has 0 bridgehead atoms. The van der Waals surface area contributed by atoms with Crippen LogP contribution in [0.4, 0.5) is 0 Å². The summed E-state index contributed by atoms with van der Waals surface area (Å²) in [6.45, 7) is 7.22. The first kappa shape index (κ1) is 14.3. The van der Waals surface area contributed by atoms with E-state index in [1.807, 2.05) is 26.8 Å². The summed E-state index contributed by atoms with van der Waals surface area (Å²) >= 11 is 0. The Morgan fingerprint density at radius 2 is 2.11 bits per heavy atom. The molecule has 0 aromatic carbocycles. The van der Waals surface area contributed by atoms with Crippen LogP contribution in [0, 0.1) is 35.8 Å². The molecule has 0 amide bonds. The summed E-state index contributed by atoms with van der Waals surface area (Å²) in [6, 6.07) is 1.82. The number of carbonyl (C=O) groups excluding carboxylic acids is 1. The zero-order valence-electron chi connectivity index (χ0n) is 11.2. The van der Waals surface area contributed by atoms with Crippen molar-refractivity contribution in [1.82, 2.24) is 9.78 Å². The topological polar surface area (TPSA) is 78.0 Å². The van der Waals surface area contributed by atoms with Crippen LogP contribution in [0.3, 0.4) is 0 Å². The second-order valence-electron chi connectivity index (χ2n) is 4.96. The van der Waals surface area contributed by atoms with E-state index in [-0.39, 0.29) is 35.6 Å². The van der Waals surface area contributed by atoms with Crippen LogP contribution < -0.4 is 0 Å². The molecule has 100 valence electrons. The summed E-state index contributed by atoms with van der Waals surface area (Å²) in [7, 11) is 0. The summed E-state index contributed by atoms with van der Waals surface area (Å²) in [6.07, 6.45) is 0.153. The van der Waals surface area contributed by atoms with E-state index < -0.39 is 0 Å². The normalized spacial score (nSPS) is 12.7. The van der Waals surface area contributed by atoms with Gasteiger partial charge in [-0.2, -0.15) is 5.10 Å². The van der Waals surface area contributed by atoms with Crippen LogP contribution in [0.15, 0.2) is 6.07 Å². The van der Waals surface area contributed by atoms with Crippen LogP contribution in [-0.4, -0.2) is 27.2 Å². The van der Waals surface area contributed by atoms with Gasteiger partial charge in [0, 0.05) is 23.0 Å². The minimum Gasteiger partial charge on any atom is -0.273 e. The van der Waals surface area contributed by atoms with Gasteiger partial charge in [0.1, 0.15) is 0 Å². The number of nitrogens with zero attached hydrogens (tertiary/aromatic N) is 3. The van der Waals surface area contributed by atoms with Crippen molar-refractivity contribution >= 4 is 5.91 Å². The average molecular weight is 253 g/mol. The number of rotatable bonds is 5. The lowest BCUT2D eigenvalue weighted by Gasteiger charge is -2.15. The Hall–Kier alpha value is -1.72. The van der Waals surface area contributed by atoms with Gasteiger partial charge in [-0.3, -0.25) is 14.9 Å². The lowest BCUT2D eigenvalue weighted by molar-refractivity contribution is -0.489.